The summed E-state index contributed by atoms with van der Waals surface area (Å²) in [6.45, 7) is 1.88. The number of hydrogen-bond donors (Lipinski definition) is 0. The van der Waals surface area contributed by atoms with Crippen LogP contribution in [0.1, 0.15) is 10.9 Å². The Kier molecular flexibility index (Phi) is 4.76. The molecule has 82 valence electrons. The van der Waals surface area contributed by atoms with Crippen LogP contribution < -0.4 is 0 Å². The Balaban J connectivity index is 2.56. The fraction of sp³-hybridized carbons (Fsp3) is 0.545. The van der Waals surface area contributed by atoms with E-state index >= 15 is 0 Å². The fourth-order valence-corrected chi connectivity index (χ4v) is 2.15. The zero-order valence-corrected chi connectivity index (χ0v) is 10.3. The quantitative estimate of drug-likeness (QED) is 0.762. The van der Waals surface area contributed by atoms with Crippen molar-refractivity contribution in [2.45, 2.75) is 6.04 Å². The third-order valence-corrected chi connectivity index (χ3v) is 3.20. The number of rotatable bonds is 5. The van der Waals surface area contributed by atoms with Gasteiger partial charge in [-0.3, -0.25) is 4.90 Å². The van der Waals surface area contributed by atoms with Crippen LogP contribution >= 0.6 is 11.3 Å². The molecule has 0 bridgehead atoms. The number of nitrogens with zero attached hydrogens (tertiary/aromatic N) is 3. The lowest BCUT2D eigenvalue weighted by molar-refractivity contribution is 0.255. The SMILES string of the molecule is CN(C)CCN(C)C(C#N)c1cccs1. The Morgan fingerprint density at radius 1 is 1.40 bits per heavy atom. The predicted molar refractivity (Wildman–Crippen MR) is 63.9 cm³/mol. The maximum atomic E-state index is 9.13. The van der Waals surface area contributed by atoms with E-state index < -0.39 is 0 Å². The Bertz CT molecular complexity index is 313. The van der Waals surface area contributed by atoms with Gasteiger partial charge in [0.15, 0.2) is 0 Å². The maximum absolute atomic E-state index is 9.13. The molecular formula is C11H17N3S. The largest absolute Gasteiger partial charge is 0.308 e. The van der Waals surface area contributed by atoms with Crippen molar-refractivity contribution in [3.8, 4) is 6.07 Å². The maximum Gasteiger partial charge on any atom is 0.132 e. The molecule has 0 aliphatic heterocycles. The molecule has 0 aromatic carbocycles. The minimum atomic E-state index is -0.107. The van der Waals surface area contributed by atoms with Gasteiger partial charge in [0.2, 0.25) is 0 Å². The molecule has 1 aromatic heterocycles. The first-order valence-corrected chi connectivity index (χ1v) is 5.81. The van der Waals surface area contributed by atoms with Crippen molar-refractivity contribution in [2.75, 3.05) is 34.2 Å². The summed E-state index contributed by atoms with van der Waals surface area (Å²) >= 11 is 1.64. The highest BCUT2D eigenvalue weighted by molar-refractivity contribution is 7.10. The Labute approximate surface area is 95.5 Å². The lowest BCUT2D eigenvalue weighted by atomic mass is 10.2. The zero-order chi connectivity index (χ0) is 11.3. The molecule has 0 spiro atoms. The summed E-state index contributed by atoms with van der Waals surface area (Å²) in [5, 5.41) is 11.1. The molecule has 0 amide bonds. The highest BCUT2D eigenvalue weighted by Crippen LogP contribution is 2.22. The van der Waals surface area contributed by atoms with Crippen molar-refractivity contribution in [2.24, 2.45) is 0 Å². The number of thiophene rings is 1. The molecule has 0 aliphatic rings. The highest BCUT2D eigenvalue weighted by Gasteiger charge is 2.16. The van der Waals surface area contributed by atoms with Crippen molar-refractivity contribution in [1.29, 1.82) is 5.26 Å². The summed E-state index contributed by atoms with van der Waals surface area (Å²) in [5.41, 5.74) is 0. The molecule has 0 fully saturated rings. The average Bonchev–Trinajstić information content (AvgIpc) is 2.69. The van der Waals surface area contributed by atoms with Crippen LogP contribution in [0.5, 0.6) is 0 Å². The minimum Gasteiger partial charge on any atom is -0.308 e. The summed E-state index contributed by atoms with van der Waals surface area (Å²) in [5.74, 6) is 0. The van der Waals surface area contributed by atoms with Crippen LogP contribution in [-0.4, -0.2) is 44.0 Å². The molecule has 4 heteroatoms. The van der Waals surface area contributed by atoms with Gasteiger partial charge in [0.05, 0.1) is 6.07 Å². The van der Waals surface area contributed by atoms with E-state index in [1.807, 2.05) is 38.7 Å². The van der Waals surface area contributed by atoms with Gasteiger partial charge in [-0.25, -0.2) is 0 Å². The normalized spacial score (nSPS) is 13.1. The summed E-state index contributed by atoms with van der Waals surface area (Å²) in [6.07, 6.45) is 0. The molecule has 0 radical (unpaired) electrons. The van der Waals surface area contributed by atoms with Gasteiger partial charge >= 0.3 is 0 Å². The molecule has 1 unspecified atom stereocenters. The molecule has 15 heavy (non-hydrogen) atoms. The standard InChI is InChI=1S/C11H17N3S/c1-13(2)6-7-14(3)10(9-12)11-5-4-8-15-11/h4-5,8,10H,6-7H2,1-3H3. The van der Waals surface area contributed by atoms with Crippen LogP contribution in [0.15, 0.2) is 17.5 Å². The smallest absolute Gasteiger partial charge is 0.132 e. The van der Waals surface area contributed by atoms with Gasteiger partial charge in [0.25, 0.3) is 0 Å². The van der Waals surface area contributed by atoms with Crippen LogP contribution in [0.2, 0.25) is 0 Å². The zero-order valence-electron chi connectivity index (χ0n) is 9.47. The van der Waals surface area contributed by atoms with Gasteiger partial charge in [-0.2, -0.15) is 5.26 Å². The van der Waals surface area contributed by atoms with Gasteiger partial charge in [-0.1, -0.05) is 6.07 Å². The first-order valence-electron chi connectivity index (χ1n) is 4.93. The summed E-state index contributed by atoms with van der Waals surface area (Å²) in [7, 11) is 6.08. The molecule has 1 aromatic rings. The Hall–Kier alpha value is -0.890. The average molecular weight is 223 g/mol. The van der Waals surface area contributed by atoms with Crippen molar-refractivity contribution in [3.63, 3.8) is 0 Å². The van der Waals surface area contributed by atoms with Crippen LogP contribution in [0.25, 0.3) is 0 Å². The molecule has 0 saturated heterocycles. The van der Waals surface area contributed by atoms with E-state index in [-0.39, 0.29) is 6.04 Å². The number of hydrogen-bond acceptors (Lipinski definition) is 4. The molecule has 1 atom stereocenters. The monoisotopic (exact) mass is 223 g/mol. The van der Waals surface area contributed by atoms with E-state index in [4.69, 9.17) is 5.26 Å². The van der Waals surface area contributed by atoms with Crippen LogP contribution in [0, 0.1) is 11.3 Å². The molecule has 0 saturated carbocycles. The molecule has 0 aliphatic carbocycles. The third-order valence-electron chi connectivity index (χ3n) is 2.28. The first kappa shape index (κ1) is 12.2. The van der Waals surface area contributed by atoms with Crippen molar-refractivity contribution in [3.05, 3.63) is 22.4 Å². The summed E-state index contributed by atoms with van der Waals surface area (Å²) < 4.78 is 0. The Morgan fingerprint density at radius 2 is 2.13 bits per heavy atom. The molecule has 0 N–H and O–H groups in total. The summed E-state index contributed by atoms with van der Waals surface area (Å²) in [6, 6.07) is 6.25. The number of likely N-dealkylation sites (N-methyl/N-ethyl adjacent to an activating group) is 2. The van der Waals surface area contributed by atoms with Gasteiger partial charge in [-0.15, -0.1) is 11.3 Å². The van der Waals surface area contributed by atoms with Crippen molar-refractivity contribution in [1.82, 2.24) is 9.80 Å². The lowest BCUT2D eigenvalue weighted by Crippen LogP contribution is -2.31. The van der Waals surface area contributed by atoms with E-state index in [0.717, 1.165) is 18.0 Å². The van der Waals surface area contributed by atoms with Crippen LogP contribution in [-0.2, 0) is 0 Å². The Morgan fingerprint density at radius 3 is 2.60 bits per heavy atom. The molecular weight excluding hydrogens is 206 g/mol. The van der Waals surface area contributed by atoms with E-state index in [9.17, 15) is 0 Å². The van der Waals surface area contributed by atoms with Gasteiger partial charge in [0, 0.05) is 18.0 Å². The lowest BCUT2D eigenvalue weighted by Gasteiger charge is -2.23. The molecule has 3 nitrogen and oxygen atoms in total. The highest BCUT2D eigenvalue weighted by atomic mass is 32.1. The van der Waals surface area contributed by atoms with Crippen molar-refractivity contribution < 1.29 is 0 Å². The molecule has 1 heterocycles. The van der Waals surface area contributed by atoms with E-state index in [1.54, 1.807) is 11.3 Å². The van der Waals surface area contributed by atoms with Crippen molar-refractivity contribution >= 4 is 11.3 Å². The summed E-state index contributed by atoms with van der Waals surface area (Å²) in [4.78, 5) is 5.34. The fourth-order valence-electron chi connectivity index (χ4n) is 1.31. The topological polar surface area (TPSA) is 30.3 Å². The van der Waals surface area contributed by atoms with Crippen LogP contribution in [0.3, 0.4) is 0 Å². The minimum absolute atomic E-state index is 0.107. The van der Waals surface area contributed by atoms with E-state index in [0.29, 0.717) is 0 Å². The van der Waals surface area contributed by atoms with Gasteiger partial charge < -0.3 is 4.90 Å². The van der Waals surface area contributed by atoms with Gasteiger partial charge in [-0.05, 0) is 32.6 Å². The van der Waals surface area contributed by atoms with E-state index in [1.165, 1.54) is 0 Å². The second-order valence-electron chi connectivity index (χ2n) is 3.83. The molecule has 1 rings (SSSR count). The second kappa shape index (κ2) is 5.86. The predicted octanol–water partition coefficient (Wildman–Crippen LogP) is 1.81. The van der Waals surface area contributed by atoms with E-state index in [2.05, 4.69) is 15.9 Å². The second-order valence-corrected chi connectivity index (χ2v) is 4.81. The third kappa shape index (κ3) is 3.63. The first-order chi connectivity index (χ1) is 7.15. The van der Waals surface area contributed by atoms with Crippen LogP contribution in [0.4, 0.5) is 0 Å². The van der Waals surface area contributed by atoms with Gasteiger partial charge in [0.1, 0.15) is 6.04 Å². The number of nitriles is 1.